The van der Waals surface area contributed by atoms with Gasteiger partial charge >= 0.3 is 0 Å². The third-order valence-electron chi connectivity index (χ3n) is 2.85. The Morgan fingerprint density at radius 2 is 1.88 bits per heavy atom. The number of likely N-dealkylation sites (N-methyl/N-ethyl adjacent to an activating group) is 1. The molecule has 2 rings (SSSR count). The highest BCUT2D eigenvalue weighted by molar-refractivity contribution is 6.35. The van der Waals surface area contributed by atoms with E-state index in [9.17, 15) is 0 Å². The molecule has 90 valence electrons. The van der Waals surface area contributed by atoms with Crippen molar-refractivity contribution in [3.63, 3.8) is 0 Å². The van der Waals surface area contributed by atoms with E-state index in [1.165, 1.54) is 0 Å². The van der Waals surface area contributed by atoms with Crippen LogP contribution < -0.4 is 5.32 Å². The van der Waals surface area contributed by atoms with Crippen LogP contribution in [-0.2, 0) is 6.54 Å². The normalized spacial score (nSPS) is 15.8. The monoisotopic (exact) mass is 280 g/mol. The standard InChI is InChI=1S/C11H14Cl2N2.ClH/c1-15(8-5-14-6-8)7-9-10(12)3-2-4-11(9)13;/h2-4,8,14H,5-7H2,1H3;1H. The van der Waals surface area contributed by atoms with Crippen LogP contribution >= 0.6 is 35.6 Å². The minimum absolute atomic E-state index is 0. The molecule has 1 fully saturated rings. The number of rotatable bonds is 3. The number of nitrogens with zero attached hydrogens (tertiary/aromatic N) is 1. The maximum absolute atomic E-state index is 6.11. The Balaban J connectivity index is 0.00000128. The Bertz CT molecular complexity index is 333. The van der Waals surface area contributed by atoms with Gasteiger partial charge in [-0.2, -0.15) is 0 Å². The van der Waals surface area contributed by atoms with Gasteiger partial charge in [-0.3, -0.25) is 4.90 Å². The summed E-state index contributed by atoms with van der Waals surface area (Å²) in [6.45, 7) is 2.92. The molecule has 0 aliphatic carbocycles. The van der Waals surface area contributed by atoms with Gasteiger partial charge in [-0.15, -0.1) is 12.4 Å². The van der Waals surface area contributed by atoms with Gasteiger partial charge in [0.15, 0.2) is 0 Å². The first-order valence-corrected chi connectivity index (χ1v) is 5.78. The van der Waals surface area contributed by atoms with Gasteiger partial charge in [-0.05, 0) is 19.2 Å². The van der Waals surface area contributed by atoms with E-state index < -0.39 is 0 Å². The molecule has 1 aliphatic heterocycles. The van der Waals surface area contributed by atoms with E-state index in [0.717, 1.165) is 35.2 Å². The van der Waals surface area contributed by atoms with E-state index >= 15 is 0 Å². The van der Waals surface area contributed by atoms with E-state index in [0.29, 0.717) is 6.04 Å². The zero-order valence-electron chi connectivity index (χ0n) is 9.04. The number of hydrogen-bond acceptors (Lipinski definition) is 2. The van der Waals surface area contributed by atoms with E-state index in [-0.39, 0.29) is 12.4 Å². The summed E-state index contributed by atoms with van der Waals surface area (Å²) in [5.41, 5.74) is 1.02. The molecular formula is C11H15Cl3N2. The number of benzene rings is 1. The van der Waals surface area contributed by atoms with Crippen molar-refractivity contribution in [1.29, 1.82) is 0 Å². The number of halogens is 3. The molecule has 2 nitrogen and oxygen atoms in total. The van der Waals surface area contributed by atoms with Gasteiger partial charge < -0.3 is 5.32 Å². The second-order valence-electron chi connectivity index (χ2n) is 3.93. The maximum atomic E-state index is 6.11. The zero-order valence-corrected chi connectivity index (χ0v) is 11.4. The summed E-state index contributed by atoms with van der Waals surface area (Å²) in [5, 5.41) is 4.75. The highest BCUT2D eigenvalue weighted by atomic mass is 35.5. The van der Waals surface area contributed by atoms with Gasteiger partial charge in [-0.1, -0.05) is 29.3 Å². The molecule has 1 aromatic carbocycles. The quantitative estimate of drug-likeness (QED) is 0.916. The second kappa shape index (κ2) is 6.08. The molecule has 0 bridgehead atoms. The maximum Gasteiger partial charge on any atom is 0.0465 e. The summed E-state index contributed by atoms with van der Waals surface area (Å²) in [7, 11) is 2.10. The Morgan fingerprint density at radius 3 is 2.31 bits per heavy atom. The summed E-state index contributed by atoms with van der Waals surface area (Å²) >= 11 is 12.2. The van der Waals surface area contributed by atoms with Crippen molar-refractivity contribution in [2.24, 2.45) is 0 Å². The fourth-order valence-corrected chi connectivity index (χ4v) is 2.16. The SMILES string of the molecule is CN(Cc1c(Cl)cccc1Cl)C1CNC1.Cl. The predicted octanol–water partition coefficient (Wildman–Crippen LogP) is 2.82. The Hall–Kier alpha value is 0.01000. The van der Waals surface area contributed by atoms with Crippen molar-refractivity contribution in [2.75, 3.05) is 20.1 Å². The highest BCUT2D eigenvalue weighted by Gasteiger charge is 2.22. The minimum atomic E-state index is 0. The molecule has 0 spiro atoms. The molecule has 1 aromatic rings. The van der Waals surface area contributed by atoms with Gasteiger partial charge in [0.2, 0.25) is 0 Å². The lowest BCUT2D eigenvalue weighted by Crippen LogP contribution is -2.55. The minimum Gasteiger partial charge on any atom is -0.314 e. The van der Waals surface area contributed by atoms with Crippen LogP contribution in [0.3, 0.4) is 0 Å². The Kier molecular flexibility index (Phi) is 5.35. The lowest BCUT2D eigenvalue weighted by molar-refractivity contribution is 0.173. The molecular weight excluding hydrogens is 266 g/mol. The summed E-state index contributed by atoms with van der Waals surface area (Å²) in [4.78, 5) is 2.28. The van der Waals surface area contributed by atoms with Crippen LogP contribution in [0.5, 0.6) is 0 Å². The lowest BCUT2D eigenvalue weighted by Gasteiger charge is -2.35. The van der Waals surface area contributed by atoms with Crippen molar-refractivity contribution in [3.05, 3.63) is 33.8 Å². The van der Waals surface area contributed by atoms with Crippen molar-refractivity contribution < 1.29 is 0 Å². The van der Waals surface area contributed by atoms with Crippen molar-refractivity contribution in [2.45, 2.75) is 12.6 Å². The smallest absolute Gasteiger partial charge is 0.0465 e. The summed E-state index contributed by atoms with van der Waals surface area (Å²) < 4.78 is 0. The average Bonchev–Trinajstić information content (AvgIpc) is 2.08. The fraction of sp³-hybridized carbons (Fsp3) is 0.455. The number of nitrogens with one attached hydrogen (secondary N) is 1. The van der Waals surface area contributed by atoms with Crippen LogP contribution in [0.2, 0.25) is 10.0 Å². The molecule has 0 aromatic heterocycles. The molecule has 5 heteroatoms. The zero-order chi connectivity index (χ0) is 10.8. The van der Waals surface area contributed by atoms with Crippen LogP contribution in [0.15, 0.2) is 18.2 Å². The molecule has 1 N–H and O–H groups in total. The largest absolute Gasteiger partial charge is 0.314 e. The molecule has 0 atom stereocenters. The third-order valence-corrected chi connectivity index (χ3v) is 3.56. The van der Waals surface area contributed by atoms with Crippen LogP contribution in [0.1, 0.15) is 5.56 Å². The van der Waals surface area contributed by atoms with Crippen molar-refractivity contribution in [3.8, 4) is 0 Å². The Labute approximate surface area is 112 Å². The van der Waals surface area contributed by atoms with Crippen molar-refractivity contribution in [1.82, 2.24) is 10.2 Å². The summed E-state index contributed by atoms with van der Waals surface area (Å²) in [6.07, 6.45) is 0. The van der Waals surface area contributed by atoms with Gasteiger partial charge in [0.25, 0.3) is 0 Å². The van der Waals surface area contributed by atoms with E-state index in [4.69, 9.17) is 23.2 Å². The van der Waals surface area contributed by atoms with Crippen LogP contribution in [0, 0.1) is 0 Å². The molecule has 0 saturated carbocycles. The van der Waals surface area contributed by atoms with E-state index in [2.05, 4.69) is 17.3 Å². The van der Waals surface area contributed by atoms with Crippen LogP contribution in [0.25, 0.3) is 0 Å². The Morgan fingerprint density at radius 1 is 1.31 bits per heavy atom. The molecule has 1 saturated heterocycles. The summed E-state index contributed by atoms with van der Waals surface area (Å²) in [6, 6.07) is 6.25. The van der Waals surface area contributed by atoms with Gasteiger partial charge in [-0.25, -0.2) is 0 Å². The van der Waals surface area contributed by atoms with Crippen LogP contribution in [-0.4, -0.2) is 31.1 Å². The molecule has 1 heterocycles. The van der Waals surface area contributed by atoms with Crippen molar-refractivity contribution >= 4 is 35.6 Å². The topological polar surface area (TPSA) is 15.3 Å². The molecule has 0 amide bonds. The van der Waals surface area contributed by atoms with Gasteiger partial charge in [0.05, 0.1) is 0 Å². The first-order valence-electron chi connectivity index (χ1n) is 5.02. The summed E-state index contributed by atoms with van der Waals surface area (Å²) in [5.74, 6) is 0. The predicted molar refractivity (Wildman–Crippen MR) is 71.8 cm³/mol. The molecule has 16 heavy (non-hydrogen) atoms. The third kappa shape index (κ3) is 3.02. The average molecular weight is 282 g/mol. The van der Waals surface area contributed by atoms with E-state index in [1.807, 2.05) is 18.2 Å². The fourth-order valence-electron chi connectivity index (χ4n) is 1.65. The second-order valence-corrected chi connectivity index (χ2v) is 4.74. The molecule has 0 unspecified atom stereocenters. The first kappa shape index (κ1) is 14.1. The molecule has 1 aliphatic rings. The lowest BCUT2D eigenvalue weighted by atomic mass is 10.1. The highest BCUT2D eigenvalue weighted by Crippen LogP contribution is 2.26. The first-order chi connectivity index (χ1) is 7.18. The van der Waals surface area contributed by atoms with E-state index in [1.54, 1.807) is 0 Å². The van der Waals surface area contributed by atoms with Gasteiger partial charge in [0.1, 0.15) is 0 Å². The number of hydrogen-bond donors (Lipinski definition) is 1. The van der Waals surface area contributed by atoms with Crippen LogP contribution in [0.4, 0.5) is 0 Å². The van der Waals surface area contributed by atoms with Gasteiger partial charge in [0, 0.05) is 41.3 Å². The molecule has 0 radical (unpaired) electrons.